The monoisotopic (exact) mass is 251 g/mol. The lowest BCUT2D eigenvalue weighted by molar-refractivity contribution is -0.121. The van der Waals surface area contributed by atoms with Gasteiger partial charge < -0.3 is 5.32 Å². The first-order valence-electron chi connectivity index (χ1n) is 6.23. The van der Waals surface area contributed by atoms with Crippen molar-refractivity contribution in [2.24, 2.45) is 0 Å². The maximum absolute atomic E-state index is 11.9. The van der Waals surface area contributed by atoms with Crippen LogP contribution in [-0.2, 0) is 11.2 Å². The molecule has 1 fully saturated rings. The quantitative estimate of drug-likeness (QED) is 0.823. The van der Waals surface area contributed by atoms with Gasteiger partial charge in [0, 0.05) is 6.04 Å². The number of carbonyl (C=O) groups excluding carboxylic acids is 1. The van der Waals surface area contributed by atoms with Crippen LogP contribution in [0.15, 0.2) is 30.3 Å². The number of carbonyl (C=O) groups is 1. The van der Waals surface area contributed by atoms with Gasteiger partial charge in [0.15, 0.2) is 0 Å². The number of rotatable bonds is 3. The van der Waals surface area contributed by atoms with Crippen LogP contribution in [0.1, 0.15) is 31.2 Å². The first kappa shape index (κ1) is 12.4. The number of nitrogens with one attached hydrogen (secondary N) is 1. The standard InChI is InChI=1S/C14H18ClNO/c15-12-8-4-5-9-13(12)16-14(17)10-11-6-2-1-3-7-11/h1-3,6-7,12-13H,4-5,8-10H2,(H,16,17)/t12-,13+/m1/s1. The average molecular weight is 252 g/mol. The summed E-state index contributed by atoms with van der Waals surface area (Å²) in [7, 11) is 0. The minimum absolute atomic E-state index is 0.0775. The molecule has 1 aromatic carbocycles. The summed E-state index contributed by atoms with van der Waals surface area (Å²) in [6, 6.07) is 9.96. The second-order valence-corrected chi connectivity index (χ2v) is 5.20. The lowest BCUT2D eigenvalue weighted by Gasteiger charge is -2.27. The summed E-state index contributed by atoms with van der Waals surface area (Å²) in [5.74, 6) is 0.0775. The van der Waals surface area contributed by atoms with Crippen LogP contribution in [0, 0.1) is 0 Å². The third-order valence-corrected chi connectivity index (χ3v) is 3.76. The van der Waals surface area contributed by atoms with Crippen LogP contribution in [0.4, 0.5) is 0 Å². The predicted molar refractivity (Wildman–Crippen MR) is 70.2 cm³/mol. The highest BCUT2D eigenvalue weighted by atomic mass is 35.5. The first-order valence-corrected chi connectivity index (χ1v) is 6.67. The molecule has 1 aromatic rings. The van der Waals surface area contributed by atoms with Crippen molar-refractivity contribution in [3.63, 3.8) is 0 Å². The third-order valence-electron chi connectivity index (χ3n) is 3.24. The molecule has 1 aliphatic rings. The Morgan fingerprint density at radius 2 is 1.94 bits per heavy atom. The van der Waals surface area contributed by atoms with Gasteiger partial charge in [-0.05, 0) is 18.4 Å². The number of halogens is 1. The van der Waals surface area contributed by atoms with E-state index in [9.17, 15) is 4.79 Å². The fourth-order valence-electron chi connectivity index (χ4n) is 2.29. The Kier molecular flexibility index (Phi) is 4.43. The van der Waals surface area contributed by atoms with Crippen LogP contribution in [0.2, 0.25) is 0 Å². The highest BCUT2D eigenvalue weighted by Gasteiger charge is 2.24. The molecular formula is C14H18ClNO. The lowest BCUT2D eigenvalue weighted by atomic mass is 9.94. The molecular weight excluding hydrogens is 234 g/mol. The molecule has 92 valence electrons. The summed E-state index contributed by atoms with van der Waals surface area (Å²) in [4.78, 5) is 11.9. The molecule has 0 aliphatic heterocycles. The van der Waals surface area contributed by atoms with E-state index in [1.54, 1.807) is 0 Å². The van der Waals surface area contributed by atoms with Crippen molar-refractivity contribution in [2.45, 2.75) is 43.5 Å². The maximum atomic E-state index is 11.9. The van der Waals surface area contributed by atoms with Crippen molar-refractivity contribution in [3.05, 3.63) is 35.9 Å². The number of amides is 1. The smallest absolute Gasteiger partial charge is 0.224 e. The second kappa shape index (κ2) is 6.06. The van der Waals surface area contributed by atoms with Crippen molar-refractivity contribution in [1.29, 1.82) is 0 Å². The molecule has 1 saturated carbocycles. The molecule has 2 rings (SSSR count). The Balaban J connectivity index is 1.84. The van der Waals surface area contributed by atoms with Gasteiger partial charge >= 0.3 is 0 Å². The molecule has 17 heavy (non-hydrogen) atoms. The molecule has 2 nitrogen and oxygen atoms in total. The molecule has 0 bridgehead atoms. The van der Waals surface area contributed by atoms with Crippen LogP contribution < -0.4 is 5.32 Å². The second-order valence-electron chi connectivity index (χ2n) is 4.64. The van der Waals surface area contributed by atoms with Crippen molar-refractivity contribution in [3.8, 4) is 0 Å². The molecule has 0 heterocycles. The summed E-state index contributed by atoms with van der Waals surface area (Å²) < 4.78 is 0. The Hall–Kier alpha value is -1.02. The van der Waals surface area contributed by atoms with Crippen LogP contribution in [0.25, 0.3) is 0 Å². The Morgan fingerprint density at radius 3 is 2.65 bits per heavy atom. The summed E-state index contributed by atoms with van der Waals surface area (Å²) in [5, 5.41) is 3.15. The molecule has 0 radical (unpaired) electrons. The predicted octanol–water partition coefficient (Wildman–Crippen LogP) is 2.90. The normalized spacial score (nSPS) is 24.3. The average Bonchev–Trinajstić information content (AvgIpc) is 2.33. The van der Waals surface area contributed by atoms with Gasteiger partial charge in [0.25, 0.3) is 0 Å². The van der Waals surface area contributed by atoms with Gasteiger partial charge in [-0.1, -0.05) is 43.2 Å². The first-order chi connectivity index (χ1) is 8.25. The number of benzene rings is 1. The zero-order chi connectivity index (χ0) is 12.1. The minimum atomic E-state index is 0.0775. The molecule has 3 heteroatoms. The minimum Gasteiger partial charge on any atom is -0.352 e. The van der Waals surface area contributed by atoms with E-state index in [2.05, 4.69) is 5.32 Å². The van der Waals surface area contributed by atoms with Crippen molar-refractivity contribution in [2.75, 3.05) is 0 Å². The SMILES string of the molecule is O=C(Cc1ccccc1)N[C@H]1CCCC[C@H]1Cl. The van der Waals surface area contributed by atoms with Crippen LogP contribution in [0.3, 0.4) is 0 Å². The topological polar surface area (TPSA) is 29.1 Å². The molecule has 1 amide bonds. The Morgan fingerprint density at radius 1 is 1.24 bits per heavy atom. The molecule has 0 spiro atoms. The van der Waals surface area contributed by atoms with E-state index in [1.165, 1.54) is 12.8 Å². The Bertz CT molecular complexity index is 366. The van der Waals surface area contributed by atoms with Crippen molar-refractivity contribution >= 4 is 17.5 Å². The van der Waals surface area contributed by atoms with E-state index >= 15 is 0 Å². The zero-order valence-electron chi connectivity index (χ0n) is 9.86. The largest absolute Gasteiger partial charge is 0.352 e. The molecule has 1 N–H and O–H groups in total. The van der Waals surface area contributed by atoms with E-state index in [4.69, 9.17) is 11.6 Å². The number of hydrogen-bond acceptors (Lipinski definition) is 1. The zero-order valence-corrected chi connectivity index (χ0v) is 10.6. The summed E-state index contributed by atoms with van der Waals surface area (Å²) >= 11 is 6.22. The molecule has 0 unspecified atom stereocenters. The van der Waals surface area contributed by atoms with Crippen molar-refractivity contribution < 1.29 is 4.79 Å². The molecule has 0 aromatic heterocycles. The lowest BCUT2D eigenvalue weighted by Crippen LogP contribution is -2.43. The maximum Gasteiger partial charge on any atom is 0.224 e. The van der Waals surface area contributed by atoms with Gasteiger partial charge in [-0.3, -0.25) is 4.79 Å². The van der Waals surface area contributed by atoms with Crippen LogP contribution in [-0.4, -0.2) is 17.3 Å². The molecule has 2 atom stereocenters. The fraction of sp³-hybridized carbons (Fsp3) is 0.500. The van der Waals surface area contributed by atoms with Gasteiger partial charge in [-0.2, -0.15) is 0 Å². The van der Waals surface area contributed by atoms with Crippen LogP contribution >= 0.6 is 11.6 Å². The van der Waals surface area contributed by atoms with E-state index in [-0.39, 0.29) is 17.3 Å². The summed E-state index contributed by atoms with van der Waals surface area (Å²) in [6.07, 6.45) is 4.81. The van der Waals surface area contributed by atoms with Crippen molar-refractivity contribution in [1.82, 2.24) is 5.32 Å². The van der Waals surface area contributed by atoms with Crippen LogP contribution in [0.5, 0.6) is 0 Å². The molecule has 1 aliphatic carbocycles. The number of hydrogen-bond donors (Lipinski definition) is 1. The van der Waals surface area contributed by atoms with E-state index in [0.717, 1.165) is 18.4 Å². The van der Waals surface area contributed by atoms with E-state index in [1.807, 2.05) is 30.3 Å². The van der Waals surface area contributed by atoms with Gasteiger partial charge in [-0.15, -0.1) is 11.6 Å². The highest BCUT2D eigenvalue weighted by molar-refractivity contribution is 6.21. The summed E-state index contributed by atoms with van der Waals surface area (Å²) in [6.45, 7) is 0. The van der Waals surface area contributed by atoms with E-state index in [0.29, 0.717) is 6.42 Å². The van der Waals surface area contributed by atoms with Gasteiger partial charge in [0.1, 0.15) is 0 Å². The summed E-state index contributed by atoms with van der Waals surface area (Å²) in [5.41, 5.74) is 1.05. The molecule has 0 saturated heterocycles. The fourth-order valence-corrected chi connectivity index (χ4v) is 2.63. The Labute approximate surface area is 107 Å². The third kappa shape index (κ3) is 3.74. The van der Waals surface area contributed by atoms with Gasteiger partial charge in [0.05, 0.1) is 11.8 Å². The number of alkyl halides is 1. The van der Waals surface area contributed by atoms with Gasteiger partial charge in [0.2, 0.25) is 5.91 Å². The van der Waals surface area contributed by atoms with Gasteiger partial charge in [-0.25, -0.2) is 0 Å². The highest BCUT2D eigenvalue weighted by Crippen LogP contribution is 2.23. The van der Waals surface area contributed by atoms with E-state index < -0.39 is 0 Å².